The summed E-state index contributed by atoms with van der Waals surface area (Å²) in [5.74, 6) is -0.295. The van der Waals surface area contributed by atoms with Crippen LogP contribution in [0.4, 0.5) is 4.39 Å². The quantitative estimate of drug-likeness (QED) is 0.771. The number of phenolic OH excluding ortho intramolecular Hbond substituents is 2. The zero-order valence-electron chi connectivity index (χ0n) is 8.74. The summed E-state index contributed by atoms with van der Waals surface area (Å²) < 4.78 is 12.7. The minimum absolute atomic E-state index is 0.0188. The molecule has 0 amide bonds. The SMILES string of the molecule is Cc1cc(-c2ccc(F)cc2)c(O)cc1O. The van der Waals surface area contributed by atoms with Gasteiger partial charge >= 0.3 is 0 Å². The minimum Gasteiger partial charge on any atom is -0.508 e. The standard InChI is InChI=1S/C13H11FO2/c1-8-6-11(13(16)7-12(8)15)9-2-4-10(14)5-3-9/h2-7,15-16H,1H3. The largest absolute Gasteiger partial charge is 0.508 e. The first-order valence-corrected chi connectivity index (χ1v) is 4.86. The number of hydrogen-bond acceptors (Lipinski definition) is 2. The van der Waals surface area contributed by atoms with Crippen LogP contribution in [0.3, 0.4) is 0 Å². The maximum atomic E-state index is 12.7. The second-order valence-electron chi connectivity index (χ2n) is 3.66. The third-order valence-corrected chi connectivity index (χ3v) is 2.47. The fourth-order valence-electron chi connectivity index (χ4n) is 1.55. The topological polar surface area (TPSA) is 40.5 Å². The number of halogens is 1. The second-order valence-corrected chi connectivity index (χ2v) is 3.66. The lowest BCUT2D eigenvalue weighted by molar-refractivity contribution is 0.449. The molecular weight excluding hydrogens is 207 g/mol. The molecule has 0 atom stereocenters. The molecule has 2 nitrogen and oxygen atoms in total. The van der Waals surface area contributed by atoms with Crippen LogP contribution in [0.25, 0.3) is 11.1 Å². The molecular formula is C13H11FO2. The zero-order valence-corrected chi connectivity index (χ0v) is 8.74. The molecule has 16 heavy (non-hydrogen) atoms. The number of aryl methyl sites for hydroxylation is 1. The van der Waals surface area contributed by atoms with E-state index in [0.717, 1.165) is 0 Å². The molecule has 0 bridgehead atoms. The van der Waals surface area contributed by atoms with Crippen LogP contribution in [0, 0.1) is 12.7 Å². The van der Waals surface area contributed by atoms with Gasteiger partial charge in [0.2, 0.25) is 0 Å². The van der Waals surface area contributed by atoms with E-state index in [-0.39, 0.29) is 17.3 Å². The lowest BCUT2D eigenvalue weighted by atomic mass is 10.0. The maximum absolute atomic E-state index is 12.7. The monoisotopic (exact) mass is 218 g/mol. The third-order valence-electron chi connectivity index (χ3n) is 2.47. The van der Waals surface area contributed by atoms with Gasteiger partial charge in [0.25, 0.3) is 0 Å². The smallest absolute Gasteiger partial charge is 0.127 e. The number of hydrogen-bond donors (Lipinski definition) is 2. The van der Waals surface area contributed by atoms with Crippen LogP contribution in [-0.2, 0) is 0 Å². The Hall–Kier alpha value is -2.03. The van der Waals surface area contributed by atoms with Crippen LogP contribution >= 0.6 is 0 Å². The predicted molar refractivity (Wildman–Crippen MR) is 59.9 cm³/mol. The highest BCUT2D eigenvalue weighted by Crippen LogP contribution is 2.34. The highest BCUT2D eigenvalue weighted by Gasteiger charge is 2.07. The Labute approximate surface area is 92.6 Å². The average Bonchev–Trinajstić information content (AvgIpc) is 2.25. The van der Waals surface area contributed by atoms with Crippen LogP contribution in [0.15, 0.2) is 36.4 Å². The van der Waals surface area contributed by atoms with E-state index in [4.69, 9.17) is 0 Å². The Morgan fingerprint density at radius 1 is 0.938 bits per heavy atom. The molecule has 0 saturated heterocycles. The van der Waals surface area contributed by atoms with Gasteiger partial charge in [-0.1, -0.05) is 12.1 Å². The van der Waals surface area contributed by atoms with E-state index in [9.17, 15) is 14.6 Å². The van der Waals surface area contributed by atoms with Gasteiger partial charge < -0.3 is 10.2 Å². The third kappa shape index (κ3) is 1.84. The molecule has 0 radical (unpaired) electrons. The molecule has 0 heterocycles. The van der Waals surface area contributed by atoms with Gasteiger partial charge in [-0.05, 0) is 36.2 Å². The lowest BCUT2D eigenvalue weighted by Gasteiger charge is -2.07. The Kier molecular flexibility index (Phi) is 2.52. The van der Waals surface area contributed by atoms with E-state index in [1.165, 1.54) is 18.2 Å². The molecule has 0 aliphatic carbocycles. The van der Waals surface area contributed by atoms with Gasteiger partial charge in [-0.25, -0.2) is 4.39 Å². The van der Waals surface area contributed by atoms with Crippen molar-refractivity contribution < 1.29 is 14.6 Å². The van der Waals surface area contributed by atoms with Crippen molar-refractivity contribution in [3.63, 3.8) is 0 Å². The zero-order chi connectivity index (χ0) is 11.7. The fourth-order valence-corrected chi connectivity index (χ4v) is 1.55. The van der Waals surface area contributed by atoms with Crippen molar-refractivity contribution in [3.05, 3.63) is 47.8 Å². The normalized spacial score (nSPS) is 10.4. The molecule has 2 rings (SSSR count). The molecule has 2 aromatic carbocycles. The molecule has 0 aliphatic heterocycles. The molecule has 0 spiro atoms. The van der Waals surface area contributed by atoms with Crippen molar-refractivity contribution in [2.24, 2.45) is 0 Å². The summed E-state index contributed by atoms with van der Waals surface area (Å²) in [5, 5.41) is 19.1. The van der Waals surface area contributed by atoms with E-state index in [0.29, 0.717) is 16.7 Å². The number of phenols is 2. The number of rotatable bonds is 1. The van der Waals surface area contributed by atoms with Crippen molar-refractivity contribution >= 4 is 0 Å². The molecule has 0 aromatic heterocycles. The molecule has 2 N–H and O–H groups in total. The van der Waals surface area contributed by atoms with Crippen LogP contribution in [0.1, 0.15) is 5.56 Å². The first-order valence-electron chi connectivity index (χ1n) is 4.86. The predicted octanol–water partition coefficient (Wildman–Crippen LogP) is 3.21. The Balaban J connectivity index is 2.56. The molecule has 2 aromatic rings. The van der Waals surface area contributed by atoms with Crippen LogP contribution in [-0.4, -0.2) is 10.2 Å². The fraction of sp³-hybridized carbons (Fsp3) is 0.0769. The van der Waals surface area contributed by atoms with Gasteiger partial charge in [-0.2, -0.15) is 0 Å². The second kappa shape index (κ2) is 3.85. The summed E-state index contributed by atoms with van der Waals surface area (Å²) in [4.78, 5) is 0. The average molecular weight is 218 g/mol. The highest BCUT2D eigenvalue weighted by atomic mass is 19.1. The van der Waals surface area contributed by atoms with Gasteiger partial charge in [0.1, 0.15) is 17.3 Å². The molecule has 0 unspecified atom stereocenters. The summed E-state index contributed by atoms with van der Waals surface area (Å²) in [6.07, 6.45) is 0. The van der Waals surface area contributed by atoms with E-state index in [2.05, 4.69) is 0 Å². The van der Waals surface area contributed by atoms with Gasteiger partial charge in [-0.3, -0.25) is 0 Å². The minimum atomic E-state index is -0.321. The van der Waals surface area contributed by atoms with E-state index < -0.39 is 0 Å². The van der Waals surface area contributed by atoms with Crippen LogP contribution < -0.4 is 0 Å². The maximum Gasteiger partial charge on any atom is 0.127 e. The van der Waals surface area contributed by atoms with Crippen molar-refractivity contribution in [2.45, 2.75) is 6.92 Å². The van der Waals surface area contributed by atoms with Gasteiger partial charge in [-0.15, -0.1) is 0 Å². The van der Waals surface area contributed by atoms with Crippen molar-refractivity contribution in [1.82, 2.24) is 0 Å². The van der Waals surface area contributed by atoms with Crippen molar-refractivity contribution in [2.75, 3.05) is 0 Å². The Morgan fingerprint density at radius 2 is 1.56 bits per heavy atom. The van der Waals surface area contributed by atoms with Crippen molar-refractivity contribution in [3.8, 4) is 22.6 Å². The van der Waals surface area contributed by atoms with Crippen LogP contribution in [0.5, 0.6) is 11.5 Å². The molecule has 82 valence electrons. The lowest BCUT2D eigenvalue weighted by Crippen LogP contribution is -1.83. The molecule has 0 saturated carbocycles. The van der Waals surface area contributed by atoms with E-state index in [1.807, 2.05) is 0 Å². The van der Waals surface area contributed by atoms with Gasteiger partial charge in [0.15, 0.2) is 0 Å². The van der Waals surface area contributed by atoms with Gasteiger partial charge in [0, 0.05) is 11.6 Å². The molecule has 3 heteroatoms. The summed E-state index contributed by atoms with van der Waals surface area (Å²) in [6.45, 7) is 1.74. The van der Waals surface area contributed by atoms with Crippen LogP contribution in [0.2, 0.25) is 0 Å². The van der Waals surface area contributed by atoms with E-state index >= 15 is 0 Å². The first-order chi connectivity index (χ1) is 7.58. The van der Waals surface area contributed by atoms with Crippen molar-refractivity contribution in [1.29, 1.82) is 0 Å². The van der Waals surface area contributed by atoms with E-state index in [1.54, 1.807) is 25.1 Å². The summed E-state index contributed by atoms with van der Waals surface area (Å²) in [5.41, 5.74) is 1.95. The first kappa shape index (κ1) is 10.5. The number of benzene rings is 2. The summed E-state index contributed by atoms with van der Waals surface area (Å²) in [7, 11) is 0. The molecule has 0 fully saturated rings. The Bertz CT molecular complexity index is 518. The highest BCUT2D eigenvalue weighted by molar-refractivity contribution is 5.72. The summed E-state index contributed by atoms with van der Waals surface area (Å²) >= 11 is 0. The number of aromatic hydroxyl groups is 2. The summed E-state index contributed by atoms with van der Waals surface area (Å²) in [6, 6.07) is 8.78. The molecule has 0 aliphatic rings. The van der Waals surface area contributed by atoms with Gasteiger partial charge in [0.05, 0.1) is 0 Å². The Morgan fingerprint density at radius 3 is 2.19 bits per heavy atom.